The minimum absolute atomic E-state index is 0.125. The van der Waals surface area contributed by atoms with E-state index < -0.39 is 0 Å². The average Bonchev–Trinajstić information content (AvgIpc) is 3.21. The lowest BCUT2D eigenvalue weighted by atomic mass is 10.1. The predicted octanol–water partition coefficient (Wildman–Crippen LogP) is 4.99. The number of hydrogen-bond acceptors (Lipinski definition) is 4. The zero-order valence-corrected chi connectivity index (χ0v) is 17.7. The molecule has 1 saturated heterocycles. The second-order valence-corrected chi connectivity index (χ2v) is 7.53. The van der Waals surface area contributed by atoms with Crippen molar-refractivity contribution in [1.82, 2.24) is 10.2 Å². The van der Waals surface area contributed by atoms with Gasteiger partial charge in [0.25, 0.3) is 5.91 Å². The van der Waals surface area contributed by atoms with Crippen molar-refractivity contribution in [2.75, 3.05) is 6.54 Å². The molecular formula is C21H23ClN2O3S. The first-order valence-electron chi connectivity index (χ1n) is 9.22. The Morgan fingerprint density at radius 3 is 2.68 bits per heavy atom. The number of nitrogens with one attached hydrogen (secondary N) is 1. The molecule has 1 amide bonds. The molecule has 148 valence electrons. The van der Waals surface area contributed by atoms with Gasteiger partial charge in [-0.3, -0.25) is 9.69 Å². The van der Waals surface area contributed by atoms with Gasteiger partial charge < -0.3 is 14.5 Å². The summed E-state index contributed by atoms with van der Waals surface area (Å²) in [5.41, 5.74) is 2.36. The number of amides is 1. The van der Waals surface area contributed by atoms with Crippen LogP contribution in [0.15, 0.2) is 34.4 Å². The number of aryl methyl sites for hydroxylation is 2. The van der Waals surface area contributed by atoms with E-state index in [1.54, 1.807) is 17.0 Å². The molecule has 0 saturated carbocycles. The quantitative estimate of drug-likeness (QED) is 0.507. The molecule has 1 aromatic carbocycles. The van der Waals surface area contributed by atoms with E-state index in [4.69, 9.17) is 33.0 Å². The van der Waals surface area contributed by atoms with Gasteiger partial charge in [-0.1, -0.05) is 24.9 Å². The zero-order chi connectivity index (χ0) is 20.3. The largest absolute Gasteiger partial charge is 0.486 e. The van der Waals surface area contributed by atoms with Crippen LogP contribution in [0, 0.1) is 13.8 Å². The van der Waals surface area contributed by atoms with Gasteiger partial charge in [-0.25, -0.2) is 0 Å². The van der Waals surface area contributed by atoms with Crippen molar-refractivity contribution in [2.24, 2.45) is 0 Å². The number of carbonyl (C=O) groups excluding carboxylic acids is 1. The normalized spacial score (nSPS) is 15.4. The number of benzene rings is 1. The monoisotopic (exact) mass is 418 g/mol. The highest BCUT2D eigenvalue weighted by molar-refractivity contribution is 7.80. The van der Waals surface area contributed by atoms with E-state index in [2.05, 4.69) is 12.2 Å². The summed E-state index contributed by atoms with van der Waals surface area (Å²) < 4.78 is 11.6. The maximum Gasteiger partial charge on any atom is 0.276 e. The Hall–Kier alpha value is -2.31. The van der Waals surface area contributed by atoms with Crippen LogP contribution in [-0.4, -0.2) is 22.5 Å². The number of rotatable bonds is 7. The first-order valence-corrected chi connectivity index (χ1v) is 10.0. The number of furan rings is 1. The maximum absolute atomic E-state index is 12.5. The van der Waals surface area contributed by atoms with Gasteiger partial charge in [-0.05, 0) is 67.9 Å². The number of carbonyl (C=O) groups is 1. The third kappa shape index (κ3) is 4.56. The van der Waals surface area contributed by atoms with Crippen LogP contribution in [0.1, 0.15) is 42.4 Å². The lowest BCUT2D eigenvalue weighted by Crippen LogP contribution is -2.31. The fraction of sp³-hybridized carbons (Fsp3) is 0.333. The van der Waals surface area contributed by atoms with Crippen LogP contribution in [0.4, 0.5) is 0 Å². The molecule has 2 heterocycles. The van der Waals surface area contributed by atoms with E-state index in [0.29, 0.717) is 28.9 Å². The van der Waals surface area contributed by atoms with Crippen LogP contribution in [0.2, 0.25) is 5.02 Å². The highest BCUT2D eigenvalue weighted by Crippen LogP contribution is 2.26. The molecule has 1 N–H and O–H groups in total. The first kappa shape index (κ1) is 20.4. The number of thiocarbonyl (C=S) groups is 1. The van der Waals surface area contributed by atoms with Gasteiger partial charge in [-0.2, -0.15) is 0 Å². The molecule has 1 aliphatic rings. The molecule has 0 bridgehead atoms. The Kier molecular flexibility index (Phi) is 6.42. The lowest BCUT2D eigenvalue weighted by Gasteiger charge is -2.12. The summed E-state index contributed by atoms with van der Waals surface area (Å²) in [5, 5.41) is 4.15. The van der Waals surface area contributed by atoms with Crippen molar-refractivity contribution in [3.63, 3.8) is 0 Å². The Morgan fingerprint density at radius 2 is 2.00 bits per heavy atom. The standard InChI is InChI=1S/C21H23ClN2O3S/c1-4-5-8-24-20(25)18(23-21(24)28)11-15-6-7-16(27-15)12-26-17-9-13(2)19(22)14(3)10-17/h6-7,9-11H,4-5,8,12H2,1-3H3,(H,23,28)/b18-11+. The second kappa shape index (κ2) is 8.80. The highest BCUT2D eigenvalue weighted by Gasteiger charge is 2.30. The van der Waals surface area contributed by atoms with E-state index >= 15 is 0 Å². The van der Waals surface area contributed by atoms with E-state index in [1.807, 2.05) is 32.0 Å². The Labute approximate surface area is 175 Å². The van der Waals surface area contributed by atoms with Crippen molar-refractivity contribution in [3.8, 4) is 5.75 Å². The summed E-state index contributed by atoms with van der Waals surface area (Å²) in [6.07, 6.45) is 3.58. The summed E-state index contributed by atoms with van der Waals surface area (Å²) in [6.45, 7) is 6.87. The van der Waals surface area contributed by atoms with Crippen molar-refractivity contribution in [2.45, 2.75) is 40.2 Å². The SMILES string of the molecule is CCCCN1C(=O)/C(=C\c2ccc(COc3cc(C)c(Cl)c(C)c3)o2)NC1=S. The molecule has 7 heteroatoms. The Morgan fingerprint density at radius 1 is 1.29 bits per heavy atom. The lowest BCUT2D eigenvalue weighted by molar-refractivity contribution is -0.122. The van der Waals surface area contributed by atoms with Crippen molar-refractivity contribution >= 4 is 40.9 Å². The fourth-order valence-electron chi connectivity index (χ4n) is 2.93. The summed E-state index contributed by atoms with van der Waals surface area (Å²) >= 11 is 11.4. The third-order valence-electron chi connectivity index (χ3n) is 4.46. The predicted molar refractivity (Wildman–Crippen MR) is 114 cm³/mol. The molecule has 0 unspecified atom stereocenters. The summed E-state index contributed by atoms with van der Waals surface area (Å²) in [4.78, 5) is 14.1. The molecule has 0 aliphatic carbocycles. The smallest absolute Gasteiger partial charge is 0.276 e. The summed E-state index contributed by atoms with van der Waals surface area (Å²) in [5.74, 6) is 1.84. The van der Waals surface area contributed by atoms with Gasteiger partial charge in [0.15, 0.2) is 5.11 Å². The average molecular weight is 419 g/mol. The minimum Gasteiger partial charge on any atom is -0.486 e. The van der Waals surface area contributed by atoms with Crippen molar-refractivity contribution < 1.29 is 13.9 Å². The van der Waals surface area contributed by atoms with Gasteiger partial charge in [0.2, 0.25) is 0 Å². The van der Waals surface area contributed by atoms with E-state index in [0.717, 1.165) is 34.7 Å². The number of ether oxygens (including phenoxy) is 1. The molecule has 3 rings (SSSR count). The molecule has 1 aliphatic heterocycles. The Bertz CT molecular complexity index is 912. The molecule has 28 heavy (non-hydrogen) atoms. The molecule has 2 aromatic rings. The molecule has 0 spiro atoms. The Balaban J connectivity index is 1.65. The van der Waals surface area contributed by atoms with Crippen LogP contribution < -0.4 is 10.1 Å². The molecule has 5 nitrogen and oxygen atoms in total. The van der Waals surface area contributed by atoms with Crippen LogP contribution in [0.3, 0.4) is 0 Å². The van der Waals surface area contributed by atoms with E-state index in [1.165, 1.54) is 0 Å². The van der Waals surface area contributed by atoms with Crippen molar-refractivity contribution in [3.05, 3.63) is 57.6 Å². The fourth-order valence-corrected chi connectivity index (χ4v) is 3.32. The van der Waals surface area contributed by atoms with Crippen LogP contribution in [0.25, 0.3) is 6.08 Å². The highest BCUT2D eigenvalue weighted by atomic mass is 35.5. The molecule has 0 radical (unpaired) electrons. The van der Waals surface area contributed by atoms with Gasteiger partial charge >= 0.3 is 0 Å². The molecule has 1 aromatic heterocycles. The molecule has 1 fully saturated rings. The minimum atomic E-state index is -0.125. The van der Waals surface area contributed by atoms with Gasteiger partial charge in [-0.15, -0.1) is 0 Å². The van der Waals surface area contributed by atoms with Gasteiger partial charge in [0.1, 0.15) is 29.6 Å². The third-order valence-corrected chi connectivity index (χ3v) is 5.38. The summed E-state index contributed by atoms with van der Waals surface area (Å²) in [7, 11) is 0. The topological polar surface area (TPSA) is 54.7 Å². The number of nitrogens with zero attached hydrogens (tertiary/aromatic N) is 1. The van der Waals surface area contributed by atoms with Gasteiger partial charge in [0, 0.05) is 17.6 Å². The molecule has 0 atom stereocenters. The van der Waals surface area contributed by atoms with E-state index in [9.17, 15) is 4.79 Å². The first-order chi connectivity index (χ1) is 13.4. The van der Waals surface area contributed by atoms with E-state index in [-0.39, 0.29) is 12.5 Å². The van der Waals surface area contributed by atoms with Crippen LogP contribution in [0.5, 0.6) is 5.75 Å². The van der Waals surface area contributed by atoms with Gasteiger partial charge in [0.05, 0.1) is 0 Å². The molecular weight excluding hydrogens is 396 g/mol. The number of halogens is 1. The van der Waals surface area contributed by atoms with Crippen LogP contribution >= 0.6 is 23.8 Å². The maximum atomic E-state index is 12.5. The van der Waals surface area contributed by atoms with Crippen molar-refractivity contribution in [1.29, 1.82) is 0 Å². The number of hydrogen-bond donors (Lipinski definition) is 1. The zero-order valence-electron chi connectivity index (χ0n) is 16.2. The number of unbranched alkanes of at least 4 members (excludes halogenated alkanes) is 1. The second-order valence-electron chi connectivity index (χ2n) is 6.76. The van der Waals surface area contributed by atoms with Crippen LogP contribution in [-0.2, 0) is 11.4 Å². The summed E-state index contributed by atoms with van der Waals surface area (Å²) in [6, 6.07) is 7.42.